The van der Waals surface area contributed by atoms with Gasteiger partial charge in [0.05, 0.1) is 0 Å². The monoisotopic (exact) mass is 716 g/mol. The molecule has 0 amide bonds. The van der Waals surface area contributed by atoms with Gasteiger partial charge in [-0.05, 0) is 122 Å². The van der Waals surface area contributed by atoms with Crippen molar-refractivity contribution in [2.45, 2.75) is 47.0 Å². The van der Waals surface area contributed by atoms with Gasteiger partial charge in [0.15, 0.2) is 0 Å². The zero-order valence-corrected chi connectivity index (χ0v) is 31.2. The predicted molar refractivity (Wildman–Crippen MR) is 216 cm³/mol. The summed E-state index contributed by atoms with van der Waals surface area (Å²) in [4.78, 5) is 34.5. The van der Waals surface area contributed by atoms with Gasteiger partial charge in [-0.2, -0.15) is 0 Å². The number of hydrogen-bond acceptors (Lipinski definition) is 6. The highest BCUT2D eigenvalue weighted by molar-refractivity contribution is 5.90. The second kappa shape index (κ2) is 19.8. The van der Waals surface area contributed by atoms with Gasteiger partial charge in [0, 0.05) is 27.8 Å². The summed E-state index contributed by atoms with van der Waals surface area (Å²) in [6, 6.07) is 38.5. The van der Waals surface area contributed by atoms with Crippen LogP contribution in [0.3, 0.4) is 0 Å². The van der Waals surface area contributed by atoms with Crippen molar-refractivity contribution in [3.63, 3.8) is 0 Å². The second-order valence-corrected chi connectivity index (χ2v) is 12.7. The summed E-state index contributed by atoms with van der Waals surface area (Å²) in [6.45, 7) is 17.7. The van der Waals surface area contributed by atoms with Crippen LogP contribution < -0.4 is 14.2 Å². The lowest BCUT2D eigenvalue weighted by Gasteiger charge is -2.07. The number of carbonyl (C=O) groups is 3. The number of hydrogen-bond donors (Lipinski definition) is 0. The lowest BCUT2D eigenvalue weighted by molar-refractivity contribution is -0.130. The first kappa shape index (κ1) is 40.1. The quantitative estimate of drug-likeness (QED) is 0.0586. The fraction of sp³-hybridized carbons (Fsp3) is 0.146. The van der Waals surface area contributed by atoms with Gasteiger partial charge in [-0.25, -0.2) is 14.4 Å². The minimum Gasteiger partial charge on any atom is -0.423 e. The van der Waals surface area contributed by atoms with Crippen LogP contribution >= 0.6 is 0 Å². The van der Waals surface area contributed by atoms with Gasteiger partial charge >= 0.3 is 17.9 Å². The maximum atomic E-state index is 11.5. The van der Waals surface area contributed by atoms with Crippen LogP contribution in [0.5, 0.6) is 17.2 Å². The number of ether oxygens (including phenoxy) is 3. The largest absolute Gasteiger partial charge is 0.423 e. The first-order chi connectivity index (χ1) is 25.9. The maximum Gasteiger partial charge on any atom is 0.338 e. The molecular weight excluding hydrogens is 673 g/mol. The molecule has 5 aromatic rings. The summed E-state index contributed by atoms with van der Waals surface area (Å²) < 4.78 is 15.5. The van der Waals surface area contributed by atoms with E-state index in [1.165, 1.54) is 29.5 Å². The molecule has 0 heterocycles. The van der Waals surface area contributed by atoms with Crippen molar-refractivity contribution in [2.75, 3.05) is 0 Å². The highest BCUT2D eigenvalue weighted by atomic mass is 16.5. The Kier molecular flexibility index (Phi) is 14.7. The summed E-state index contributed by atoms with van der Waals surface area (Å²) in [5.74, 6) is 6.39. The fourth-order valence-corrected chi connectivity index (χ4v) is 4.75. The van der Waals surface area contributed by atoms with Crippen molar-refractivity contribution in [1.29, 1.82) is 0 Å². The Hall–Kier alpha value is -6.71. The van der Waals surface area contributed by atoms with Crippen molar-refractivity contribution >= 4 is 17.9 Å². The fourth-order valence-electron chi connectivity index (χ4n) is 4.75. The van der Waals surface area contributed by atoms with E-state index in [2.05, 4.69) is 74.9 Å². The standard InChI is InChI=1S/C28H26O2.C20H18O4/c1-4-5-6-22-9-15-25(16-10-22)26-17-11-23(12-18-26)7-8-24-13-19-27(20-14-24)30-28(29)21(2)3;1-13(2)19(21)23-17-9-5-15(6-10-17)16-7-11-18(12-8-16)24-20(22)14(3)4/h9-20H,2,4-6H2,1,3H3;5-12H,1,3H2,2,4H3. The Labute approximate surface area is 318 Å². The molecule has 0 aliphatic carbocycles. The van der Waals surface area contributed by atoms with E-state index in [1.54, 1.807) is 57.2 Å². The van der Waals surface area contributed by atoms with E-state index < -0.39 is 17.9 Å². The molecule has 0 atom stereocenters. The molecule has 0 bridgehead atoms. The topological polar surface area (TPSA) is 78.9 Å². The van der Waals surface area contributed by atoms with Crippen LogP contribution in [0.4, 0.5) is 0 Å². The molecule has 0 saturated heterocycles. The van der Waals surface area contributed by atoms with Gasteiger partial charge in [-0.3, -0.25) is 0 Å². The van der Waals surface area contributed by atoms with Gasteiger partial charge in [-0.15, -0.1) is 0 Å². The molecule has 5 aromatic carbocycles. The third kappa shape index (κ3) is 12.5. The molecule has 0 radical (unpaired) electrons. The Morgan fingerprint density at radius 2 is 0.741 bits per heavy atom. The van der Waals surface area contributed by atoms with E-state index in [1.807, 2.05) is 48.5 Å². The number of aryl methyl sites for hydroxylation is 1. The molecule has 272 valence electrons. The van der Waals surface area contributed by atoms with Crippen LogP contribution in [0.15, 0.2) is 158 Å². The summed E-state index contributed by atoms with van der Waals surface area (Å²) in [6.07, 6.45) is 3.59. The molecule has 0 N–H and O–H groups in total. The number of esters is 3. The molecule has 0 aliphatic heterocycles. The summed E-state index contributed by atoms with van der Waals surface area (Å²) in [5, 5.41) is 0. The molecule has 0 aliphatic rings. The summed E-state index contributed by atoms with van der Waals surface area (Å²) in [7, 11) is 0. The lowest BCUT2D eigenvalue weighted by Crippen LogP contribution is -2.08. The van der Waals surface area contributed by atoms with Crippen LogP contribution in [0.2, 0.25) is 0 Å². The molecule has 54 heavy (non-hydrogen) atoms. The zero-order chi connectivity index (χ0) is 39.0. The first-order valence-electron chi connectivity index (χ1n) is 17.6. The highest BCUT2D eigenvalue weighted by Crippen LogP contribution is 2.26. The highest BCUT2D eigenvalue weighted by Gasteiger charge is 2.08. The van der Waals surface area contributed by atoms with Crippen molar-refractivity contribution in [2.24, 2.45) is 0 Å². The van der Waals surface area contributed by atoms with Crippen LogP contribution in [0, 0.1) is 11.8 Å². The van der Waals surface area contributed by atoms with Gasteiger partial charge < -0.3 is 14.2 Å². The number of carbonyl (C=O) groups excluding carboxylic acids is 3. The van der Waals surface area contributed by atoms with Crippen molar-refractivity contribution < 1.29 is 28.6 Å². The minimum absolute atomic E-state index is 0.346. The molecule has 5 rings (SSSR count). The van der Waals surface area contributed by atoms with E-state index in [9.17, 15) is 14.4 Å². The number of rotatable bonds is 11. The third-order valence-corrected chi connectivity index (χ3v) is 7.92. The SMILES string of the molecule is C=C(C)C(=O)Oc1ccc(-c2ccc(OC(=O)C(=C)C)cc2)cc1.C=C(C)C(=O)Oc1ccc(C#Cc2ccc(-c3ccc(CCCC)cc3)cc2)cc1. The van der Waals surface area contributed by atoms with Crippen molar-refractivity contribution in [3.05, 3.63) is 174 Å². The molecule has 6 heteroatoms. The first-order valence-corrected chi connectivity index (χ1v) is 17.6. The molecular formula is C48H44O6. The molecule has 0 unspecified atom stereocenters. The molecule has 6 nitrogen and oxygen atoms in total. The van der Waals surface area contributed by atoms with E-state index in [4.69, 9.17) is 14.2 Å². The van der Waals surface area contributed by atoms with Gasteiger partial charge in [0.1, 0.15) is 17.2 Å². The van der Waals surface area contributed by atoms with Crippen LogP contribution in [0.1, 0.15) is 57.2 Å². The predicted octanol–water partition coefficient (Wildman–Crippen LogP) is 10.9. The normalized spacial score (nSPS) is 10.0. The van der Waals surface area contributed by atoms with Crippen LogP contribution in [-0.2, 0) is 20.8 Å². The summed E-state index contributed by atoms with van der Waals surface area (Å²) in [5.41, 5.74) is 8.57. The van der Waals surface area contributed by atoms with Crippen molar-refractivity contribution in [3.8, 4) is 51.3 Å². The average Bonchev–Trinajstić information content (AvgIpc) is 3.18. The van der Waals surface area contributed by atoms with Gasteiger partial charge in [0.25, 0.3) is 0 Å². The molecule has 0 saturated carbocycles. The van der Waals surface area contributed by atoms with Gasteiger partial charge in [-0.1, -0.05) is 106 Å². The number of benzene rings is 5. The molecule has 0 aromatic heterocycles. The zero-order valence-electron chi connectivity index (χ0n) is 31.2. The lowest BCUT2D eigenvalue weighted by atomic mass is 10.0. The van der Waals surface area contributed by atoms with Crippen LogP contribution in [-0.4, -0.2) is 17.9 Å². The smallest absolute Gasteiger partial charge is 0.338 e. The van der Waals surface area contributed by atoms with Gasteiger partial charge in [0.2, 0.25) is 0 Å². The number of unbranched alkanes of at least 4 members (excludes halogenated alkanes) is 1. The maximum absolute atomic E-state index is 11.5. The molecule has 0 spiro atoms. The Morgan fingerprint density at radius 3 is 1.06 bits per heavy atom. The Morgan fingerprint density at radius 1 is 0.463 bits per heavy atom. The van der Waals surface area contributed by atoms with Crippen LogP contribution in [0.25, 0.3) is 22.3 Å². The minimum atomic E-state index is -0.452. The summed E-state index contributed by atoms with van der Waals surface area (Å²) >= 11 is 0. The third-order valence-electron chi connectivity index (χ3n) is 7.92. The van der Waals surface area contributed by atoms with E-state index in [0.717, 1.165) is 28.7 Å². The van der Waals surface area contributed by atoms with E-state index in [0.29, 0.717) is 34.0 Å². The average molecular weight is 717 g/mol. The Balaban J connectivity index is 0.000000247. The van der Waals surface area contributed by atoms with E-state index >= 15 is 0 Å². The van der Waals surface area contributed by atoms with E-state index in [-0.39, 0.29) is 0 Å². The van der Waals surface area contributed by atoms with Crippen molar-refractivity contribution in [1.82, 2.24) is 0 Å². The molecule has 0 fully saturated rings. The Bertz CT molecular complexity index is 2090. The second-order valence-electron chi connectivity index (χ2n) is 12.7.